The van der Waals surface area contributed by atoms with Crippen LogP contribution < -0.4 is 15.4 Å². The molecule has 0 aliphatic heterocycles. The highest BCUT2D eigenvalue weighted by atomic mass is 16.7. The fourth-order valence-electron chi connectivity index (χ4n) is 5.39. The Morgan fingerprint density at radius 2 is 1.62 bits per heavy atom. The number of carbonyl (C=O) groups excluding carboxylic acids is 4. The number of ether oxygens (including phenoxy) is 4. The van der Waals surface area contributed by atoms with Crippen molar-refractivity contribution in [1.29, 1.82) is 0 Å². The number of nitrogens with one attached hydrogen (secondary N) is 2. The molecule has 6 atom stereocenters. The number of fused-ring (bicyclic) bond motifs is 1. The summed E-state index contributed by atoms with van der Waals surface area (Å²) in [6.07, 6.45) is -2.32. The van der Waals surface area contributed by atoms with Gasteiger partial charge in [0.2, 0.25) is 5.91 Å². The Morgan fingerprint density at radius 1 is 1.02 bits per heavy atom. The second kappa shape index (κ2) is 11.6. The Kier molecular flexibility index (Phi) is 9.08. The lowest BCUT2D eigenvalue weighted by molar-refractivity contribution is -0.155. The van der Waals surface area contributed by atoms with Gasteiger partial charge in [-0.15, -0.1) is 0 Å². The molecule has 0 spiro atoms. The average Bonchev–Trinajstić information content (AvgIpc) is 3.38. The molecular weight excluding hydrogens is 520 g/mol. The number of rotatable bonds is 8. The van der Waals surface area contributed by atoms with Crippen molar-refractivity contribution in [2.45, 2.75) is 97.1 Å². The van der Waals surface area contributed by atoms with E-state index in [4.69, 9.17) is 18.9 Å². The molecule has 2 aliphatic carbocycles. The van der Waals surface area contributed by atoms with Crippen molar-refractivity contribution in [2.24, 2.45) is 17.8 Å². The summed E-state index contributed by atoms with van der Waals surface area (Å²) in [4.78, 5) is 51.4. The summed E-state index contributed by atoms with van der Waals surface area (Å²) in [5, 5.41) is 16.0. The maximum atomic E-state index is 13.7. The molecule has 222 valence electrons. The predicted molar refractivity (Wildman–Crippen MR) is 144 cm³/mol. The van der Waals surface area contributed by atoms with E-state index in [1.165, 1.54) is 0 Å². The number of benzene rings is 1. The monoisotopic (exact) mass is 562 g/mol. The van der Waals surface area contributed by atoms with Crippen LogP contribution in [0.5, 0.6) is 5.75 Å². The highest BCUT2D eigenvalue weighted by molar-refractivity contribution is 5.93. The second-order valence-corrected chi connectivity index (χ2v) is 12.5. The minimum atomic E-state index is -1.39. The van der Waals surface area contributed by atoms with E-state index in [1.54, 1.807) is 72.7 Å². The third kappa shape index (κ3) is 7.65. The van der Waals surface area contributed by atoms with Gasteiger partial charge in [-0.25, -0.2) is 14.4 Å². The largest absolute Gasteiger partial charge is 0.514 e. The summed E-state index contributed by atoms with van der Waals surface area (Å²) in [5.74, 6) is -1.31. The summed E-state index contributed by atoms with van der Waals surface area (Å²) in [6.45, 7) is 14.0. The van der Waals surface area contributed by atoms with Gasteiger partial charge in [-0.2, -0.15) is 0 Å². The lowest BCUT2D eigenvalue weighted by atomic mass is 9.89. The number of aliphatic hydroxyl groups is 1. The molecule has 2 aliphatic rings. The van der Waals surface area contributed by atoms with E-state index in [1.807, 2.05) is 6.92 Å². The number of hydrogen-bond acceptors (Lipinski definition) is 9. The van der Waals surface area contributed by atoms with Crippen LogP contribution in [0.25, 0.3) is 0 Å². The molecular formula is C29H42N2O9. The van der Waals surface area contributed by atoms with Crippen LogP contribution >= 0.6 is 0 Å². The van der Waals surface area contributed by atoms with E-state index < -0.39 is 53.0 Å². The Labute approximate surface area is 235 Å². The summed E-state index contributed by atoms with van der Waals surface area (Å²) in [6, 6.07) is 5.27. The first-order valence-electron chi connectivity index (χ1n) is 13.6. The van der Waals surface area contributed by atoms with Crippen LogP contribution in [0.3, 0.4) is 0 Å². The summed E-state index contributed by atoms with van der Waals surface area (Å²) < 4.78 is 21.0. The molecule has 40 heavy (non-hydrogen) atoms. The fourth-order valence-corrected chi connectivity index (χ4v) is 5.39. The van der Waals surface area contributed by atoms with Gasteiger partial charge in [0, 0.05) is 18.8 Å². The van der Waals surface area contributed by atoms with Crippen LogP contribution in [0.2, 0.25) is 0 Å². The van der Waals surface area contributed by atoms with Crippen LogP contribution in [0.1, 0.15) is 67.4 Å². The molecule has 0 radical (unpaired) electrons. The van der Waals surface area contributed by atoms with Gasteiger partial charge in [-0.1, -0.05) is 19.1 Å². The highest BCUT2D eigenvalue weighted by Gasteiger charge is 2.71. The van der Waals surface area contributed by atoms with E-state index in [0.29, 0.717) is 5.56 Å². The van der Waals surface area contributed by atoms with E-state index in [2.05, 4.69) is 10.6 Å². The number of alkyl carbamates (subject to hydrolysis) is 1. The van der Waals surface area contributed by atoms with Gasteiger partial charge in [0.15, 0.2) is 0 Å². The van der Waals surface area contributed by atoms with Crippen LogP contribution in [0.15, 0.2) is 24.3 Å². The second-order valence-electron chi connectivity index (χ2n) is 12.5. The molecule has 2 fully saturated rings. The lowest BCUT2D eigenvalue weighted by Gasteiger charge is -2.33. The molecule has 1 aromatic carbocycles. The Bertz CT molecular complexity index is 1110. The molecule has 1 aromatic rings. The van der Waals surface area contributed by atoms with Crippen molar-refractivity contribution in [3.8, 4) is 5.75 Å². The van der Waals surface area contributed by atoms with E-state index in [9.17, 15) is 24.3 Å². The Balaban J connectivity index is 1.80. The third-order valence-electron chi connectivity index (χ3n) is 6.94. The zero-order valence-corrected chi connectivity index (χ0v) is 24.5. The van der Waals surface area contributed by atoms with Crippen molar-refractivity contribution < 1.29 is 43.2 Å². The van der Waals surface area contributed by atoms with Gasteiger partial charge >= 0.3 is 18.2 Å². The standard InChI is InChI=1S/C29H42N2O9/c1-9-37-24(34)29(15-20(32)21-16(2)22(21)29)31-23(33)19(30-25(35)39-27(3,4)5)14-17-10-12-18(13-11-17)38-26(36)40-28(6,7)8/h10-13,16,19-22,32H,9,14-15H2,1-8H3,(H,30,35)(H,31,33)/t16-,19-,20-,21+,22+,29-/m0/s1. The molecule has 3 N–H and O–H groups in total. The fraction of sp³-hybridized carbons (Fsp3) is 0.655. The summed E-state index contributed by atoms with van der Waals surface area (Å²) in [5.41, 5.74) is -2.26. The van der Waals surface area contributed by atoms with E-state index in [-0.39, 0.29) is 43.0 Å². The van der Waals surface area contributed by atoms with Crippen molar-refractivity contribution >= 4 is 24.1 Å². The average molecular weight is 563 g/mol. The minimum Gasteiger partial charge on any atom is -0.464 e. The van der Waals surface area contributed by atoms with Gasteiger partial charge in [-0.3, -0.25) is 4.79 Å². The number of hydrogen-bond donors (Lipinski definition) is 3. The smallest absolute Gasteiger partial charge is 0.464 e. The predicted octanol–water partition coefficient (Wildman–Crippen LogP) is 3.50. The highest BCUT2D eigenvalue weighted by Crippen LogP contribution is 2.62. The molecule has 3 rings (SSSR count). The summed E-state index contributed by atoms with van der Waals surface area (Å²) >= 11 is 0. The molecule has 0 heterocycles. The molecule has 2 amide bonds. The molecule has 11 nitrogen and oxygen atoms in total. The van der Waals surface area contributed by atoms with Crippen molar-refractivity contribution in [1.82, 2.24) is 10.6 Å². The number of aliphatic hydroxyl groups excluding tert-OH is 1. The van der Waals surface area contributed by atoms with Crippen molar-refractivity contribution in [3.63, 3.8) is 0 Å². The molecule has 0 bridgehead atoms. The van der Waals surface area contributed by atoms with Gasteiger partial charge in [0.05, 0.1) is 12.7 Å². The SMILES string of the molecule is CCOC(=O)[C@]1(NC(=O)[C@H](Cc2ccc(OC(=O)OC(C)(C)C)cc2)NC(=O)OC(C)(C)C)C[C@H](O)[C@H]2[C@H](C)[C@H]21. The first-order valence-corrected chi connectivity index (χ1v) is 13.6. The maximum absolute atomic E-state index is 13.7. The normalized spacial score (nSPS) is 26.1. The third-order valence-corrected chi connectivity index (χ3v) is 6.94. The molecule has 11 heteroatoms. The molecule has 0 saturated heterocycles. The van der Waals surface area contributed by atoms with Crippen LogP contribution in [-0.2, 0) is 30.2 Å². The van der Waals surface area contributed by atoms with Crippen LogP contribution in [-0.4, -0.2) is 64.7 Å². The zero-order chi connectivity index (χ0) is 30.0. The lowest BCUT2D eigenvalue weighted by Crippen LogP contribution is -2.61. The minimum absolute atomic E-state index is 0.0308. The van der Waals surface area contributed by atoms with Crippen molar-refractivity contribution in [2.75, 3.05) is 6.61 Å². The van der Waals surface area contributed by atoms with Crippen LogP contribution in [0, 0.1) is 17.8 Å². The van der Waals surface area contributed by atoms with Crippen molar-refractivity contribution in [3.05, 3.63) is 29.8 Å². The Hall–Kier alpha value is -3.34. The van der Waals surface area contributed by atoms with Gasteiger partial charge < -0.3 is 34.7 Å². The molecule has 0 aromatic heterocycles. The quantitative estimate of drug-likeness (QED) is 0.246. The zero-order valence-electron chi connectivity index (χ0n) is 24.5. The first-order chi connectivity index (χ1) is 18.5. The van der Waals surface area contributed by atoms with Crippen LogP contribution in [0.4, 0.5) is 9.59 Å². The first kappa shape index (κ1) is 31.2. The van der Waals surface area contributed by atoms with Gasteiger partial charge in [-0.05, 0) is 78.0 Å². The van der Waals surface area contributed by atoms with E-state index >= 15 is 0 Å². The number of carbonyl (C=O) groups is 4. The van der Waals surface area contributed by atoms with Gasteiger partial charge in [0.25, 0.3) is 0 Å². The number of esters is 1. The molecule has 0 unspecified atom stereocenters. The topological polar surface area (TPSA) is 149 Å². The Morgan fingerprint density at radius 3 is 2.12 bits per heavy atom. The number of amides is 2. The maximum Gasteiger partial charge on any atom is 0.514 e. The van der Waals surface area contributed by atoms with E-state index in [0.717, 1.165) is 0 Å². The van der Waals surface area contributed by atoms with Gasteiger partial charge in [0.1, 0.15) is 28.5 Å². The molecule has 2 saturated carbocycles. The summed E-state index contributed by atoms with van der Waals surface area (Å²) in [7, 11) is 0.